The van der Waals surface area contributed by atoms with Crippen LogP contribution in [0.4, 0.5) is 5.69 Å². The summed E-state index contributed by atoms with van der Waals surface area (Å²) < 4.78 is 13.0. The van der Waals surface area contributed by atoms with Gasteiger partial charge in [0.15, 0.2) is 22.7 Å². The number of rotatable bonds is 7. The van der Waals surface area contributed by atoms with Gasteiger partial charge in [-0.05, 0) is 36.4 Å². The summed E-state index contributed by atoms with van der Waals surface area (Å²) in [6.07, 6.45) is 1.25. The lowest BCUT2D eigenvalue weighted by Crippen LogP contribution is -2.28. The molecule has 2 amide bonds. The quantitative estimate of drug-likeness (QED) is 0.418. The lowest BCUT2D eigenvalue weighted by molar-refractivity contribution is -0.116. The number of amides is 2. The van der Waals surface area contributed by atoms with Gasteiger partial charge in [0.25, 0.3) is 5.56 Å². The Bertz CT molecular complexity index is 1410. The highest BCUT2D eigenvalue weighted by atomic mass is 16.5. The van der Waals surface area contributed by atoms with Gasteiger partial charge in [0, 0.05) is 17.3 Å². The summed E-state index contributed by atoms with van der Waals surface area (Å²) in [5, 5.41) is 10.6. The molecule has 0 atom stereocenters. The van der Waals surface area contributed by atoms with E-state index in [-0.39, 0.29) is 17.7 Å². The third-order valence-electron chi connectivity index (χ3n) is 4.81. The number of nitrogens with one attached hydrogen (secondary N) is 1. The number of ether oxygens (including phenoxy) is 2. The molecule has 0 saturated heterocycles. The summed E-state index contributed by atoms with van der Waals surface area (Å²) in [6.45, 7) is -0.289. The molecule has 0 aliphatic rings. The molecule has 0 aliphatic heterocycles. The van der Waals surface area contributed by atoms with Crippen LogP contribution >= 0.6 is 0 Å². The summed E-state index contributed by atoms with van der Waals surface area (Å²) in [6, 6.07) is 11.2. The van der Waals surface area contributed by atoms with Crippen LogP contribution in [0.15, 0.2) is 53.6 Å². The van der Waals surface area contributed by atoms with Crippen molar-refractivity contribution in [3.63, 3.8) is 0 Å². The number of primary amides is 1. The molecule has 12 nitrogen and oxygen atoms in total. The predicted octanol–water partition coefficient (Wildman–Crippen LogP) is 0.732. The topological polar surface area (TPSA) is 156 Å². The van der Waals surface area contributed by atoms with Crippen LogP contribution in [0.25, 0.3) is 16.9 Å². The average Bonchev–Trinajstić information content (AvgIpc) is 3.25. The molecular weight excluding hydrogens is 430 g/mol. The van der Waals surface area contributed by atoms with Crippen molar-refractivity contribution in [2.75, 3.05) is 19.5 Å². The van der Waals surface area contributed by atoms with Crippen LogP contribution in [0.5, 0.6) is 11.5 Å². The number of fused-ring (bicyclic) bond motifs is 1. The van der Waals surface area contributed by atoms with Gasteiger partial charge in [0.1, 0.15) is 12.9 Å². The minimum atomic E-state index is -0.570. The molecule has 0 saturated carbocycles. The zero-order chi connectivity index (χ0) is 23.5. The van der Waals surface area contributed by atoms with Crippen LogP contribution < -0.4 is 26.1 Å². The Morgan fingerprint density at radius 1 is 1.06 bits per heavy atom. The van der Waals surface area contributed by atoms with Gasteiger partial charge in [0.2, 0.25) is 11.8 Å². The Morgan fingerprint density at radius 2 is 1.79 bits per heavy atom. The van der Waals surface area contributed by atoms with Gasteiger partial charge in [-0.15, -0.1) is 5.10 Å². The number of hydrogen-bond acceptors (Lipinski definition) is 8. The van der Waals surface area contributed by atoms with E-state index >= 15 is 0 Å². The van der Waals surface area contributed by atoms with Gasteiger partial charge in [-0.3, -0.25) is 19.0 Å². The lowest BCUT2D eigenvalue weighted by atomic mass is 10.2. The first-order valence-corrected chi connectivity index (χ1v) is 9.64. The molecule has 4 aromatic rings. The number of benzene rings is 2. The minimum Gasteiger partial charge on any atom is -0.493 e. The Labute approximate surface area is 186 Å². The molecule has 0 unspecified atom stereocenters. The van der Waals surface area contributed by atoms with Gasteiger partial charge in [-0.25, -0.2) is 4.98 Å². The highest BCUT2D eigenvalue weighted by molar-refractivity contribution is 5.94. The number of hydrogen-bond donors (Lipinski definition) is 2. The minimum absolute atomic E-state index is 0.00546. The molecule has 0 fully saturated rings. The summed E-state index contributed by atoms with van der Waals surface area (Å²) in [7, 11) is 3.04. The zero-order valence-electron chi connectivity index (χ0n) is 17.7. The Kier molecular flexibility index (Phi) is 5.72. The summed E-state index contributed by atoms with van der Waals surface area (Å²) in [5.41, 5.74) is 6.24. The third kappa shape index (κ3) is 4.21. The SMILES string of the molecule is COc1ccc(-n2nnc3c(=O)n(CC(=O)Nc4ccc(C(N)=O)cc4)cnc32)cc1OC. The van der Waals surface area contributed by atoms with Crippen LogP contribution in [0.2, 0.25) is 0 Å². The molecule has 4 rings (SSSR count). The highest BCUT2D eigenvalue weighted by Crippen LogP contribution is 2.29. The monoisotopic (exact) mass is 449 g/mol. The van der Waals surface area contributed by atoms with E-state index in [2.05, 4.69) is 20.6 Å². The Balaban J connectivity index is 1.57. The number of nitrogens with zero attached hydrogens (tertiary/aromatic N) is 5. The number of methoxy groups -OCH3 is 2. The van der Waals surface area contributed by atoms with Crippen molar-refractivity contribution in [2.24, 2.45) is 5.73 Å². The molecule has 168 valence electrons. The molecule has 2 heterocycles. The summed E-state index contributed by atoms with van der Waals surface area (Å²) in [5.74, 6) is -0.0129. The summed E-state index contributed by atoms with van der Waals surface area (Å²) >= 11 is 0. The van der Waals surface area contributed by atoms with E-state index in [9.17, 15) is 14.4 Å². The fourth-order valence-corrected chi connectivity index (χ4v) is 3.16. The van der Waals surface area contributed by atoms with E-state index in [1.165, 1.54) is 49.5 Å². The number of aromatic nitrogens is 5. The molecule has 0 spiro atoms. The molecule has 3 N–H and O–H groups in total. The van der Waals surface area contributed by atoms with Gasteiger partial charge >= 0.3 is 0 Å². The van der Waals surface area contributed by atoms with Gasteiger partial charge < -0.3 is 20.5 Å². The number of anilines is 1. The fraction of sp³-hybridized carbons (Fsp3) is 0.143. The molecular formula is C21H19N7O5. The molecule has 0 bridgehead atoms. The lowest BCUT2D eigenvalue weighted by Gasteiger charge is -2.10. The molecule has 0 aliphatic carbocycles. The van der Waals surface area contributed by atoms with E-state index in [4.69, 9.17) is 15.2 Å². The first kappa shape index (κ1) is 21.5. The third-order valence-corrected chi connectivity index (χ3v) is 4.81. The molecule has 33 heavy (non-hydrogen) atoms. The van der Waals surface area contributed by atoms with Crippen LogP contribution in [-0.4, -0.2) is 50.6 Å². The molecule has 2 aromatic heterocycles. The number of nitrogens with two attached hydrogens (primary N) is 1. The second-order valence-electron chi connectivity index (χ2n) is 6.88. The maximum Gasteiger partial charge on any atom is 0.284 e. The largest absolute Gasteiger partial charge is 0.493 e. The average molecular weight is 449 g/mol. The smallest absolute Gasteiger partial charge is 0.284 e. The van der Waals surface area contributed by atoms with Crippen molar-refractivity contribution >= 4 is 28.7 Å². The Hall–Kier alpha value is -4.74. The van der Waals surface area contributed by atoms with Crippen LogP contribution in [0.1, 0.15) is 10.4 Å². The van der Waals surface area contributed by atoms with E-state index in [1.54, 1.807) is 18.2 Å². The van der Waals surface area contributed by atoms with Crippen molar-refractivity contribution in [3.05, 3.63) is 64.7 Å². The van der Waals surface area contributed by atoms with Gasteiger partial charge in [0.05, 0.1) is 19.9 Å². The first-order chi connectivity index (χ1) is 15.9. The fourth-order valence-electron chi connectivity index (χ4n) is 3.16. The number of carbonyl (C=O) groups excluding carboxylic acids is 2. The molecule has 12 heteroatoms. The normalized spacial score (nSPS) is 10.7. The Morgan fingerprint density at radius 3 is 2.45 bits per heavy atom. The van der Waals surface area contributed by atoms with E-state index in [0.717, 1.165) is 4.57 Å². The summed E-state index contributed by atoms with van der Waals surface area (Å²) in [4.78, 5) is 40.6. The zero-order valence-corrected chi connectivity index (χ0v) is 17.7. The van der Waals surface area contributed by atoms with Crippen molar-refractivity contribution in [3.8, 4) is 17.2 Å². The van der Waals surface area contributed by atoms with Crippen LogP contribution in [0, 0.1) is 0 Å². The second-order valence-corrected chi connectivity index (χ2v) is 6.88. The number of carbonyl (C=O) groups is 2. The highest BCUT2D eigenvalue weighted by Gasteiger charge is 2.16. The van der Waals surface area contributed by atoms with Crippen LogP contribution in [-0.2, 0) is 11.3 Å². The van der Waals surface area contributed by atoms with Crippen molar-refractivity contribution < 1.29 is 19.1 Å². The van der Waals surface area contributed by atoms with E-state index in [0.29, 0.717) is 28.4 Å². The predicted molar refractivity (Wildman–Crippen MR) is 118 cm³/mol. The van der Waals surface area contributed by atoms with E-state index in [1.807, 2.05) is 0 Å². The van der Waals surface area contributed by atoms with Crippen LogP contribution in [0.3, 0.4) is 0 Å². The second kappa shape index (κ2) is 8.78. The van der Waals surface area contributed by atoms with Gasteiger partial charge in [-0.1, -0.05) is 5.21 Å². The first-order valence-electron chi connectivity index (χ1n) is 9.64. The van der Waals surface area contributed by atoms with Crippen molar-refractivity contribution in [2.45, 2.75) is 6.54 Å². The van der Waals surface area contributed by atoms with Gasteiger partial charge in [-0.2, -0.15) is 4.68 Å². The maximum atomic E-state index is 12.8. The van der Waals surface area contributed by atoms with Crippen molar-refractivity contribution in [1.29, 1.82) is 0 Å². The standard InChI is InChI=1S/C21H19N7O5/c1-32-15-8-7-14(9-16(15)33-2)28-20-18(25-26-28)21(31)27(11-23-20)10-17(29)24-13-5-3-12(4-6-13)19(22)30/h3-9,11H,10H2,1-2H3,(H2,22,30)(H,24,29). The molecule has 2 aromatic carbocycles. The maximum absolute atomic E-state index is 12.8. The molecule has 0 radical (unpaired) electrons. The van der Waals surface area contributed by atoms with Crippen molar-refractivity contribution in [1.82, 2.24) is 24.5 Å². The van der Waals surface area contributed by atoms with E-state index < -0.39 is 17.4 Å².